The number of hydrogen-bond donors (Lipinski definition) is 0. The van der Waals surface area contributed by atoms with Gasteiger partial charge in [0.15, 0.2) is 0 Å². The Morgan fingerprint density at radius 3 is 1.56 bits per heavy atom. The molecule has 0 atom stereocenters. The normalized spacial score (nSPS) is 10.8. The van der Waals surface area contributed by atoms with Crippen molar-refractivity contribution in [1.29, 1.82) is 0 Å². The van der Waals surface area contributed by atoms with E-state index in [0.29, 0.717) is 0 Å². The molecular weight excluding hydrogens is 230 g/mol. The Morgan fingerprint density at radius 2 is 1.28 bits per heavy atom. The molecule has 0 saturated heterocycles. The fourth-order valence-electron chi connectivity index (χ4n) is 1.90. The van der Waals surface area contributed by atoms with Gasteiger partial charge < -0.3 is 19.4 Å². The Bertz CT molecular complexity index is 185. The van der Waals surface area contributed by atoms with Gasteiger partial charge in [0.05, 0.1) is 26.3 Å². The van der Waals surface area contributed by atoms with Crippen molar-refractivity contribution < 1.29 is 19.4 Å². The monoisotopic (exact) mass is 259 g/mol. The van der Waals surface area contributed by atoms with E-state index < -0.39 is 0 Å². The first-order valence-corrected chi connectivity index (χ1v) is 6.47. The Morgan fingerprint density at radius 1 is 0.889 bits per heavy atom. The predicted molar refractivity (Wildman–Crippen MR) is 75.0 cm³/mol. The van der Waals surface area contributed by atoms with Crippen molar-refractivity contribution in [1.82, 2.24) is 0 Å². The molecule has 18 heavy (non-hydrogen) atoms. The predicted octanol–water partition coefficient (Wildman–Crippen LogP) is 2.07. The van der Waals surface area contributed by atoms with Crippen LogP contribution in [0.4, 0.5) is 0 Å². The van der Waals surface area contributed by atoms with Gasteiger partial charge in [-0.25, -0.2) is 0 Å². The van der Waals surface area contributed by atoms with Crippen LogP contribution in [0.25, 0.3) is 0 Å². The molecule has 0 fully saturated rings. The van der Waals surface area contributed by atoms with Crippen LogP contribution in [0.5, 0.6) is 0 Å². The lowest BCUT2D eigenvalue weighted by Crippen LogP contribution is -2.52. The summed E-state index contributed by atoms with van der Waals surface area (Å²) in [5.74, 6) is 0. The fourth-order valence-corrected chi connectivity index (χ4v) is 1.90. The van der Waals surface area contributed by atoms with Crippen molar-refractivity contribution in [2.24, 2.45) is 0 Å². The fraction of sp³-hybridized carbons (Fsp3) is 0.714. The summed E-state index contributed by atoms with van der Waals surface area (Å²) in [5.41, 5.74) is 0. The molecule has 0 rings (SSSR count). The van der Waals surface area contributed by atoms with Crippen LogP contribution < -0.4 is 0 Å². The third-order valence-corrected chi connectivity index (χ3v) is 2.86. The topological polar surface area (TPSA) is 48.5 Å². The van der Waals surface area contributed by atoms with E-state index in [4.69, 9.17) is 9.47 Å². The molecule has 0 spiro atoms. The molecule has 108 valence electrons. The summed E-state index contributed by atoms with van der Waals surface area (Å²) in [6.07, 6.45) is 3.95. The maximum Gasteiger partial charge on any atom is 0.103 e. The molecule has 4 heteroatoms. The zero-order chi connectivity index (χ0) is 13.0. The van der Waals surface area contributed by atoms with Crippen LogP contribution in [0.2, 0.25) is 0 Å². The smallest absolute Gasteiger partial charge is 0.103 e. The molecule has 0 amide bonds. The summed E-state index contributed by atoms with van der Waals surface area (Å²) in [6.45, 7) is 18.7. The minimum Gasteiger partial charge on any atom is -0.870 e. The standard InChI is InChI=1S/C14H28NO2.H2O/c1-5-9-15(10-6-2,11-13-16-7-3)12-14-17-8-4;/h5-6H,1-2,7-14H2,3-4H3;1H2/q+1;/p-1. The highest BCUT2D eigenvalue weighted by Gasteiger charge is 2.23. The molecule has 0 aliphatic heterocycles. The average Bonchev–Trinajstić information content (AvgIpc) is 2.30. The van der Waals surface area contributed by atoms with E-state index in [1.54, 1.807) is 0 Å². The van der Waals surface area contributed by atoms with Crippen LogP contribution >= 0.6 is 0 Å². The zero-order valence-electron chi connectivity index (χ0n) is 11.9. The number of quaternary nitrogens is 1. The molecule has 0 saturated carbocycles. The molecule has 0 radical (unpaired) electrons. The van der Waals surface area contributed by atoms with Gasteiger partial charge in [0, 0.05) is 13.2 Å². The number of rotatable bonds is 12. The van der Waals surface area contributed by atoms with Gasteiger partial charge in [-0.15, -0.1) is 0 Å². The van der Waals surface area contributed by atoms with E-state index in [9.17, 15) is 0 Å². The maximum absolute atomic E-state index is 5.46. The van der Waals surface area contributed by atoms with Crippen molar-refractivity contribution in [2.75, 3.05) is 52.6 Å². The second kappa shape index (κ2) is 12.8. The van der Waals surface area contributed by atoms with E-state index in [1.165, 1.54) is 0 Å². The van der Waals surface area contributed by atoms with Crippen LogP contribution in [0.1, 0.15) is 13.8 Å². The van der Waals surface area contributed by atoms with E-state index in [-0.39, 0.29) is 5.48 Å². The van der Waals surface area contributed by atoms with Crippen LogP contribution in [0.3, 0.4) is 0 Å². The second-order valence-electron chi connectivity index (χ2n) is 4.13. The van der Waals surface area contributed by atoms with E-state index in [0.717, 1.165) is 57.1 Å². The van der Waals surface area contributed by atoms with E-state index >= 15 is 0 Å². The van der Waals surface area contributed by atoms with Gasteiger partial charge in [-0.3, -0.25) is 0 Å². The highest BCUT2D eigenvalue weighted by molar-refractivity contribution is 4.72. The number of ether oxygens (including phenoxy) is 2. The lowest BCUT2D eigenvalue weighted by molar-refractivity contribution is -0.918. The van der Waals surface area contributed by atoms with Gasteiger partial charge in [0.2, 0.25) is 0 Å². The Balaban J connectivity index is 0. The molecule has 0 unspecified atom stereocenters. The Labute approximate surface area is 112 Å². The van der Waals surface area contributed by atoms with Crippen LogP contribution in [0.15, 0.2) is 25.3 Å². The minimum atomic E-state index is 0. The summed E-state index contributed by atoms with van der Waals surface area (Å²) in [4.78, 5) is 0. The molecule has 0 aliphatic rings. The van der Waals surface area contributed by atoms with Gasteiger partial charge in [0.1, 0.15) is 13.1 Å². The highest BCUT2D eigenvalue weighted by atomic mass is 16.5. The van der Waals surface area contributed by atoms with Crippen molar-refractivity contribution >= 4 is 0 Å². The summed E-state index contributed by atoms with van der Waals surface area (Å²) in [5, 5.41) is 0. The molecule has 4 nitrogen and oxygen atoms in total. The Hall–Kier alpha value is -0.680. The summed E-state index contributed by atoms with van der Waals surface area (Å²) >= 11 is 0. The first-order valence-electron chi connectivity index (χ1n) is 6.47. The zero-order valence-corrected chi connectivity index (χ0v) is 11.9. The molecule has 1 N–H and O–H groups in total. The van der Waals surface area contributed by atoms with Crippen molar-refractivity contribution in [3.63, 3.8) is 0 Å². The molecule has 0 aliphatic carbocycles. The van der Waals surface area contributed by atoms with Gasteiger partial charge in [-0.1, -0.05) is 13.2 Å². The largest absolute Gasteiger partial charge is 0.870 e. The van der Waals surface area contributed by atoms with Crippen LogP contribution in [-0.2, 0) is 9.47 Å². The molecule has 0 aromatic rings. The van der Waals surface area contributed by atoms with E-state index in [2.05, 4.69) is 13.2 Å². The van der Waals surface area contributed by atoms with Gasteiger partial charge in [-0.05, 0) is 26.0 Å². The first kappa shape index (κ1) is 19.7. The third-order valence-electron chi connectivity index (χ3n) is 2.86. The Kier molecular flexibility index (Phi) is 13.9. The lowest BCUT2D eigenvalue weighted by atomic mass is 10.3. The lowest BCUT2D eigenvalue weighted by Gasteiger charge is -2.36. The minimum absolute atomic E-state index is 0. The highest BCUT2D eigenvalue weighted by Crippen LogP contribution is 2.08. The SMILES string of the molecule is C=CC[N+](CC=C)(CCOCC)CCOCC.[OH-]. The molecule has 0 bridgehead atoms. The van der Waals surface area contributed by atoms with Crippen molar-refractivity contribution in [2.45, 2.75) is 13.8 Å². The number of nitrogens with zero attached hydrogens (tertiary/aromatic N) is 1. The summed E-state index contributed by atoms with van der Waals surface area (Å²) in [7, 11) is 0. The van der Waals surface area contributed by atoms with Crippen molar-refractivity contribution in [3.05, 3.63) is 25.3 Å². The summed E-state index contributed by atoms with van der Waals surface area (Å²) in [6, 6.07) is 0. The van der Waals surface area contributed by atoms with E-state index in [1.807, 2.05) is 26.0 Å². The molecule has 0 aromatic heterocycles. The first-order chi connectivity index (χ1) is 8.24. The second-order valence-corrected chi connectivity index (χ2v) is 4.13. The maximum atomic E-state index is 5.46. The van der Waals surface area contributed by atoms with Gasteiger partial charge in [-0.2, -0.15) is 0 Å². The quantitative estimate of drug-likeness (QED) is 0.306. The molecule has 0 aromatic carbocycles. The summed E-state index contributed by atoms with van der Waals surface area (Å²) < 4.78 is 11.8. The van der Waals surface area contributed by atoms with Gasteiger partial charge in [0.25, 0.3) is 0 Å². The number of hydrogen-bond acceptors (Lipinski definition) is 3. The van der Waals surface area contributed by atoms with Crippen LogP contribution in [0, 0.1) is 0 Å². The third kappa shape index (κ3) is 8.42. The average molecular weight is 259 g/mol. The molecule has 0 heterocycles. The van der Waals surface area contributed by atoms with Gasteiger partial charge >= 0.3 is 0 Å². The van der Waals surface area contributed by atoms with Crippen LogP contribution in [-0.4, -0.2) is 62.6 Å². The van der Waals surface area contributed by atoms with Crippen molar-refractivity contribution in [3.8, 4) is 0 Å². The molecular formula is C14H29NO3.